The minimum atomic E-state index is -1.35. The molecule has 0 aliphatic heterocycles. The van der Waals surface area contributed by atoms with Crippen LogP contribution >= 0.6 is 0 Å². The van der Waals surface area contributed by atoms with Crippen molar-refractivity contribution in [2.24, 2.45) is 17.6 Å². The maximum atomic E-state index is 12.2. The maximum Gasteiger partial charge on any atom is 0.326 e. The Bertz CT molecular complexity index is 538. The molecule has 0 bridgehead atoms. The van der Waals surface area contributed by atoms with Crippen molar-refractivity contribution in [2.75, 3.05) is 6.61 Å². The zero-order chi connectivity index (χ0) is 21.3. The van der Waals surface area contributed by atoms with Gasteiger partial charge in [0.1, 0.15) is 18.1 Å². The lowest BCUT2D eigenvalue weighted by molar-refractivity contribution is -0.143. The van der Waals surface area contributed by atoms with Gasteiger partial charge >= 0.3 is 5.97 Å². The van der Waals surface area contributed by atoms with Crippen LogP contribution in [-0.4, -0.2) is 64.7 Å². The Morgan fingerprint density at radius 2 is 1.44 bits per heavy atom. The number of carboxylic acids is 1. The van der Waals surface area contributed by atoms with Crippen LogP contribution in [0.25, 0.3) is 0 Å². The van der Waals surface area contributed by atoms with Crippen molar-refractivity contribution >= 4 is 23.7 Å². The van der Waals surface area contributed by atoms with Crippen LogP contribution in [0, 0.1) is 11.8 Å². The van der Waals surface area contributed by atoms with Crippen molar-refractivity contribution in [3.8, 4) is 0 Å². The number of aliphatic carboxylic acids is 1. The molecule has 0 aromatic heterocycles. The van der Waals surface area contributed by atoms with Crippen LogP contribution in [0.4, 0.5) is 0 Å². The molecule has 7 N–H and O–H groups in total. The summed E-state index contributed by atoms with van der Waals surface area (Å²) >= 11 is 0. The van der Waals surface area contributed by atoms with Gasteiger partial charge in [0.2, 0.25) is 17.7 Å². The fourth-order valence-corrected chi connectivity index (χ4v) is 2.26. The number of carbonyl (C=O) groups excluding carboxylic acids is 3. The van der Waals surface area contributed by atoms with Crippen molar-refractivity contribution in [1.82, 2.24) is 16.0 Å². The second-order valence-corrected chi connectivity index (χ2v) is 7.28. The Kier molecular flexibility index (Phi) is 10.6. The summed E-state index contributed by atoms with van der Waals surface area (Å²) in [6.07, 6.45) is 0.452. The molecule has 0 radical (unpaired) electrons. The Hall–Kier alpha value is -2.20. The van der Waals surface area contributed by atoms with Gasteiger partial charge in [-0.2, -0.15) is 0 Å². The molecule has 27 heavy (non-hydrogen) atoms. The summed E-state index contributed by atoms with van der Waals surface area (Å²) in [6, 6.07) is -4.26. The molecule has 10 heteroatoms. The van der Waals surface area contributed by atoms with E-state index in [2.05, 4.69) is 16.0 Å². The van der Waals surface area contributed by atoms with E-state index in [1.807, 2.05) is 13.8 Å². The summed E-state index contributed by atoms with van der Waals surface area (Å²) in [5.74, 6) is -3.43. The van der Waals surface area contributed by atoms with Gasteiger partial charge in [0.05, 0.1) is 12.6 Å². The Labute approximate surface area is 159 Å². The quantitative estimate of drug-likeness (QED) is 0.252. The van der Waals surface area contributed by atoms with Gasteiger partial charge < -0.3 is 31.9 Å². The summed E-state index contributed by atoms with van der Waals surface area (Å²) in [7, 11) is 0. The van der Waals surface area contributed by atoms with E-state index >= 15 is 0 Å². The summed E-state index contributed by atoms with van der Waals surface area (Å²) in [5, 5.41) is 25.5. The van der Waals surface area contributed by atoms with Gasteiger partial charge in [-0.05, 0) is 25.2 Å². The first kappa shape index (κ1) is 24.8. The predicted octanol–water partition coefficient (Wildman–Crippen LogP) is -1.43. The predicted molar refractivity (Wildman–Crippen MR) is 98.5 cm³/mol. The summed E-state index contributed by atoms with van der Waals surface area (Å²) < 4.78 is 0. The van der Waals surface area contributed by atoms with E-state index in [4.69, 9.17) is 10.8 Å². The first-order valence-corrected chi connectivity index (χ1v) is 8.91. The molecule has 156 valence electrons. The van der Waals surface area contributed by atoms with Crippen LogP contribution < -0.4 is 21.7 Å². The molecule has 0 spiro atoms. The molecule has 10 nitrogen and oxygen atoms in total. The standard InChI is InChI=1S/C17H32N4O6/c1-8(2)6-11(18)15(24)19-10(5)14(23)20-12(7-22)16(25)21-13(9(3)4)17(26)27/h8-13,22H,6-7,18H2,1-5H3,(H,19,24)(H,20,23)(H,21,25)(H,26,27). The minimum absolute atomic E-state index is 0.209. The van der Waals surface area contributed by atoms with E-state index in [0.717, 1.165) is 0 Å². The smallest absolute Gasteiger partial charge is 0.326 e. The number of aliphatic hydroxyl groups is 1. The first-order valence-electron chi connectivity index (χ1n) is 8.91. The first-order chi connectivity index (χ1) is 12.4. The Balaban J connectivity index is 4.80. The van der Waals surface area contributed by atoms with Crippen LogP contribution in [0.15, 0.2) is 0 Å². The van der Waals surface area contributed by atoms with Crippen molar-refractivity contribution in [3.63, 3.8) is 0 Å². The number of aliphatic hydroxyl groups excluding tert-OH is 1. The molecule has 0 aromatic rings. The third-order valence-corrected chi connectivity index (χ3v) is 3.86. The van der Waals surface area contributed by atoms with Gasteiger partial charge in [-0.1, -0.05) is 27.7 Å². The van der Waals surface area contributed by atoms with Crippen molar-refractivity contribution in [3.05, 3.63) is 0 Å². The highest BCUT2D eigenvalue weighted by Gasteiger charge is 2.29. The van der Waals surface area contributed by atoms with Crippen LogP contribution in [0.1, 0.15) is 41.0 Å². The number of hydrogen-bond acceptors (Lipinski definition) is 6. The molecular formula is C17H32N4O6. The topological polar surface area (TPSA) is 171 Å². The fourth-order valence-electron chi connectivity index (χ4n) is 2.26. The lowest BCUT2D eigenvalue weighted by Gasteiger charge is -2.24. The molecule has 0 fully saturated rings. The van der Waals surface area contributed by atoms with Crippen LogP contribution in [-0.2, 0) is 19.2 Å². The third kappa shape index (κ3) is 8.83. The maximum absolute atomic E-state index is 12.2. The number of carboxylic acid groups (broad SMARTS) is 1. The van der Waals surface area contributed by atoms with Crippen LogP contribution in [0.5, 0.6) is 0 Å². The van der Waals surface area contributed by atoms with Gasteiger partial charge in [-0.25, -0.2) is 4.79 Å². The highest BCUT2D eigenvalue weighted by Crippen LogP contribution is 2.04. The van der Waals surface area contributed by atoms with Crippen LogP contribution in [0.2, 0.25) is 0 Å². The summed E-state index contributed by atoms with van der Waals surface area (Å²) in [4.78, 5) is 47.4. The normalized spacial score (nSPS) is 15.6. The Morgan fingerprint density at radius 1 is 0.889 bits per heavy atom. The fraction of sp³-hybridized carbons (Fsp3) is 0.765. The van der Waals surface area contributed by atoms with E-state index < -0.39 is 54.5 Å². The van der Waals surface area contributed by atoms with Gasteiger partial charge in [-0.15, -0.1) is 0 Å². The molecule has 0 aliphatic carbocycles. The number of carbonyl (C=O) groups is 4. The number of nitrogens with one attached hydrogen (secondary N) is 3. The number of amides is 3. The number of nitrogens with two attached hydrogens (primary N) is 1. The second-order valence-electron chi connectivity index (χ2n) is 7.28. The molecule has 0 rings (SSSR count). The summed E-state index contributed by atoms with van der Waals surface area (Å²) in [5.41, 5.74) is 5.75. The van der Waals surface area contributed by atoms with E-state index in [1.165, 1.54) is 6.92 Å². The SMILES string of the molecule is CC(C)CC(N)C(=O)NC(C)C(=O)NC(CO)C(=O)NC(C(=O)O)C(C)C. The number of rotatable bonds is 11. The lowest BCUT2D eigenvalue weighted by Crippen LogP contribution is -2.58. The molecule has 4 unspecified atom stereocenters. The van der Waals surface area contributed by atoms with Crippen molar-refractivity contribution in [2.45, 2.75) is 65.2 Å². The molecule has 4 atom stereocenters. The third-order valence-electron chi connectivity index (χ3n) is 3.86. The molecule has 0 saturated carbocycles. The summed E-state index contributed by atoms with van der Waals surface area (Å²) in [6.45, 7) is 7.74. The molecular weight excluding hydrogens is 356 g/mol. The van der Waals surface area contributed by atoms with Crippen molar-refractivity contribution < 1.29 is 29.4 Å². The van der Waals surface area contributed by atoms with E-state index in [9.17, 15) is 24.3 Å². The van der Waals surface area contributed by atoms with Gasteiger partial charge in [-0.3, -0.25) is 14.4 Å². The largest absolute Gasteiger partial charge is 0.480 e. The van der Waals surface area contributed by atoms with E-state index in [1.54, 1.807) is 13.8 Å². The molecule has 0 aromatic carbocycles. The highest BCUT2D eigenvalue weighted by molar-refractivity contribution is 5.93. The molecule has 0 aliphatic rings. The lowest BCUT2D eigenvalue weighted by atomic mass is 10.0. The van der Waals surface area contributed by atoms with Crippen LogP contribution in [0.3, 0.4) is 0 Å². The average molecular weight is 388 g/mol. The monoisotopic (exact) mass is 388 g/mol. The minimum Gasteiger partial charge on any atom is -0.480 e. The molecule has 3 amide bonds. The highest BCUT2D eigenvalue weighted by atomic mass is 16.4. The zero-order valence-corrected chi connectivity index (χ0v) is 16.5. The second kappa shape index (κ2) is 11.5. The van der Waals surface area contributed by atoms with E-state index in [-0.39, 0.29) is 11.8 Å². The van der Waals surface area contributed by atoms with E-state index in [0.29, 0.717) is 6.42 Å². The zero-order valence-electron chi connectivity index (χ0n) is 16.5. The van der Waals surface area contributed by atoms with Gasteiger partial charge in [0.15, 0.2) is 0 Å². The van der Waals surface area contributed by atoms with Gasteiger partial charge in [0, 0.05) is 0 Å². The molecule has 0 heterocycles. The van der Waals surface area contributed by atoms with Gasteiger partial charge in [0.25, 0.3) is 0 Å². The molecule has 0 saturated heterocycles. The Morgan fingerprint density at radius 3 is 1.85 bits per heavy atom. The number of hydrogen-bond donors (Lipinski definition) is 6. The average Bonchev–Trinajstić information content (AvgIpc) is 2.55. The van der Waals surface area contributed by atoms with Crippen molar-refractivity contribution in [1.29, 1.82) is 0 Å².